The Morgan fingerprint density at radius 3 is 2.17 bits per heavy atom. The van der Waals surface area contributed by atoms with Gasteiger partial charge in [-0.25, -0.2) is 0 Å². The second-order valence-electron chi connectivity index (χ2n) is 1.01. The van der Waals surface area contributed by atoms with Crippen LogP contribution in [-0.4, -0.2) is 10.7 Å². The number of ketones is 1. The molecule has 2 nitrogen and oxygen atoms in total. The first-order valence-corrected chi connectivity index (χ1v) is 2.46. The van der Waals surface area contributed by atoms with Crippen molar-refractivity contribution in [2.24, 2.45) is 5.73 Å². The second-order valence-corrected chi connectivity index (χ2v) is 2.00. The summed E-state index contributed by atoms with van der Waals surface area (Å²) < 4.78 is 0. The van der Waals surface area contributed by atoms with Crippen LogP contribution in [0.3, 0.4) is 0 Å². The summed E-state index contributed by atoms with van der Waals surface area (Å²) in [7, 11) is 0. The van der Waals surface area contributed by atoms with E-state index in [0.29, 0.717) is 0 Å². The number of nitrogens with two attached hydrogens (primary N) is 1. The van der Waals surface area contributed by atoms with E-state index in [-0.39, 0.29) is 5.78 Å². The summed E-state index contributed by atoms with van der Waals surface area (Å²) in [5, 5.41) is 0. The monoisotopic (exact) mass is 151 g/mol. The predicted molar refractivity (Wildman–Crippen MR) is 27.6 cm³/mol. The number of hydrogen-bond acceptors (Lipinski definition) is 2. The Kier molecular flexibility index (Phi) is 2.35. The molecule has 0 aromatic heterocycles. The molecule has 0 saturated carbocycles. The van der Waals surface area contributed by atoms with Crippen molar-refractivity contribution in [1.82, 2.24) is 0 Å². The van der Waals surface area contributed by atoms with Crippen molar-refractivity contribution in [1.29, 1.82) is 0 Å². The molecule has 1 unspecified atom stereocenters. The first-order chi connectivity index (χ1) is 2.64. The van der Waals surface area contributed by atoms with Crippen molar-refractivity contribution in [3.63, 3.8) is 0 Å². The molecule has 0 spiro atoms. The molecule has 0 saturated heterocycles. The molecule has 0 bridgehead atoms. The minimum atomic E-state index is -0.475. The lowest BCUT2D eigenvalue weighted by molar-refractivity contribution is -0.116. The first-order valence-electron chi connectivity index (χ1n) is 1.54. The van der Waals surface area contributed by atoms with Crippen LogP contribution in [-0.2, 0) is 4.79 Å². The molecular weight excluding hydrogens is 146 g/mol. The Morgan fingerprint density at radius 2 is 2.17 bits per heavy atom. The summed E-state index contributed by atoms with van der Waals surface area (Å²) in [5.74, 6) is -0.0463. The Morgan fingerprint density at radius 1 is 2.00 bits per heavy atom. The van der Waals surface area contributed by atoms with E-state index in [2.05, 4.69) is 15.9 Å². The van der Waals surface area contributed by atoms with Crippen LogP contribution < -0.4 is 5.73 Å². The Hall–Kier alpha value is 0.110. The summed E-state index contributed by atoms with van der Waals surface area (Å²) in [4.78, 5) is 9.50. The number of halogens is 1. The van der Waals surface area contributed by atoms with Crippen molar-refractivity contribution in [2.45, 2.75) is 11.9 Å². The van der Waals surface area contributed by atoms with E-state index < -0.39 is 4.95 Å². The quantitative estimate of drug-likeness (QED) is 0.432. The van der Waals surface area contributed by atoms with Crippen LogP contribution in [0.5, 0.6) is 0 Å². The van der Waals surface area contributed by atoms with Gasteiger partial charge in [0.2, 0.25) is 0 Å². The highest BCUT2D eigenvalue weighted by molar-refractivity contribution is 9.09. The third-order valence-electron chi connectivity index (χ3n) is 0.388. The van der Waals surface area contributed by atoms with Gasteiger partial charge in [0.25, 0.3) is 0 Å². The van der Waals surface area contributed by atoms with E-state index in [0.717, 1.165) is 0 Å². The smallest absolute Gasteiger partial charge is 0.157 e. The number of hydrogen-bond donors (Lipinski definition) is 1. The summed E-state index contributed by atoms with van der Waals surface area (Å²) in [6.07, 6.45) is 0. The molecule has 0 heterocycles. The Balaban J connectivity index is 3.26. The van der Waals surface area contributed by atoms with Crippen LogP contribution in [0.25, 0.3) is 0 Å². The lowest BCUT2D eigenvalue weighted by Gasteiger charge is -1.89. The lowest BCUT2D eigenvalue weighted by atomic mass is 10.5. The Bertz CT molecular complexity index is 61.8. The summed E-state index contributed by atoms with van der Waals surface area (Å²) >= 11 is 2.87. The van der Waals surface area contributed by atoms with Gasteiger partial charge in [0.15, 0.2) is 5.78 Å². The summed E-state index contributed by atoms with van der Waals surface area (Å²) in [5.41, 5.74) is 5.00. The molecule has 0 aliphatic carbocycles. The fourth-order valence-corrected chi connectivity index (χ4v) is 0. The SMILES string of the molecule is CC(=O)C(N)Br. The number of rotatable bonds is 1. The predicted octanol–water partition coefficient (Wildman–Crippen LogP) is 0.255. The van der Waals surface area contributed by atoms with Crippen LogP contribution in [0.2, 0.25) is 0 Å². The molecule has 0 aliphatic rings. The van der Waals surface area contributed by atoms with E-state index in [4.69, 9.17) is 5.73 Å². The van der Waals surface area contributed by atoms with Gasteiger partial charge in [-0.3, -0.25) is 4.79 Å². The van der Waals surface area contributed by atoms with Crippen LogP contribution in [0.4, 0.5) is 0 Å². The van der Waals surface area contributed by atoms with E-state index in [9.17, 15) is 4.79 Å². The average molecular weight is 152 g/mol. The number of carbonyl (C=O) groups is 1. The van der Waals surface area contributed by atoms with Gasteiger partial charge in [0.1, 0.15) is 4.95 Å². The maximum absolute atomic E-state index is 9.97. The van der Waals surface area contributed by atoms with Gasteiger partial charge in [-0.15, -0.1) is 0 Å². The van der Waals surface area contributed by atoms with Crippen molar-refractivity contribution in [3.05, 3.63) is 0 Å². The minimum Gasteiger partial charge on any atom is -0.313 e. The fraction of sp³-hybridized carbons (Fsp3) is 0.667. The maximum Gasteiger partial charge on any atom is 0.157 e. The van der Waals surface area contributed by atoms with Crippen molar-refractivity contribution < 1.29 is 4.79 Å². The standard InChI is InChI=1S/C3H6BrNO/c1-2(6)3(4)5/h3H,5H2,1H3. The zero-order chi connectivity index (χ0) is 5.15. The van der Waals surface area contributed by atoms with Gasteiger partial charge in [-0.1, -0.05) is 15.9 Å². The highest BCUT2D eigenvalue weighted by atomic mass is 79.9. The zero-order valence-electron chi connectivity index (χ0n) is 3.44. The summed E-state index contributed by atoms with van der Waals surface area (Å²) in [6, 6.07) is 0. The molecule has 0 radical (unpaired) electrons. The molecule has 2 N–H and O–H groups in total. The molecular formula is C3H6BrNO. The maximum atomic E-state index is 9.97. The van der Waals surface area contributed by atoms with Gasteiger partial charge >= 0.3 is 0 Å². The first kappa shape index (κ1) is 6.11. The van der Waals surface area contributed by atoms with Gasteiger partial charge in [-0.2, -0.15) is 0 Å². The molecule has 36 valence electrons. The van der Waals surface area contributed by atoms with Gasteiger partial charge in [0.05, 0.1) is 0 Å². The topological polar surface area (TPSA) is 43.1 Å². The van der Waals surface area contributed by atoms with Crippen molar-refractivity contribution >= 4 is 21.7 Å². The van der Waals surface area contributed by atoms with Crippen molar-refractivity contribution in [2.75, 3.05) is 0 Å². The molecule has 3 heteroatoms. The second kappa shape index (κ2) is 2.31. The van der Waals surface area contributed by atoms with Gasteiger partial charge in [0, 0.05) is 0 Å². The van der Waals surface area contributed by atoms with Crippen molar-refractivity contribution in [3.8, 4) is 0 Å². The van der Waals surface area contributed by atoms with Crippen LogP contribution in [0.15, 0.2) is 0 Å². The molecule has 6 heavy (non-hydrogen) atoms. The minimum absolute atomic E-state index is 0.0463. The zero-order valence-corrected chi connectivity index (χ0v) is 5.03. The third kappa shape index (κ3) is 2.35. The number of carbonyl (C=O) groups excluding carboxylic acids is 1. The molecule has 0 aromatic carbocycles. The molecule has 0 aliphatic heterocycles. The molecule has 0 aromatic rings. The van der Waals surface area contributed by atoms with Gasteiger partial charge in [-0.05, 0) is 6.92 Å². The lowest BCUT2D eigenvalue weighted by Crippen LogP contribution is -2.19. The van der Waals surface area contributed by atoms with Crippen LogP contribution in [0.1, 0.15) is 6.92 Å². The largest absolute Gasteiger partial charge is 0.313 e. The van der Waals surface area contributed by atoms with E-state index in [1.54, 1.807) is 0 Å². The number of alkyl halides is 1. The molecule has 0 fully saturated rings. The normalized spacial score (nSPS) is 13.8. The van der Waals surface area contributed by atoms with E-state index in [1.165, 1.54) is 6.92 Å². The highest BCUT2D eigenvalue weighted by Gasteiger charge is 1.97. The molecule has 1 atom stereocenters. The van der Waals surface area contributed by atoms with E-state index >= 15 is 0 Å². The van der Waals surface area contributed by atoms with Crippen LogP contribution >= 0.6 is 15.9 Å². The Labute approximate surface area is 44.8 Å². The van der Waals surface area contributed by atoms with E-state index in [1.807, 2.05) is 0 Å². The summed E-state index contributed by atoms with van der Waals surface area (Å²) in [6.45, 7) is 1.43. The third-order valence-corrected chi connectivity index (χ3v) is 1.03. The highest BCUT2D eigenvalue weighted by Crippen LogP contribution is 1.87. The molecule has 0 rings (SSSR count). The average Bonchev–Trinajstić information content (AvgIpc) is 1.36. The van der Waals surface area contributed by atoms with Gasteiger partial charge < -0.3 is 5.73 Å². The fourth-order valence-electron chi connectivity index (χ4n) is 0. The number of Topliss-reactive ketones (excluding diaryl/α,β-unsaturated/α-hetero) is 1. The van der Waals surface area contributed by atoms with Crippen LogP contribution in [0, 0.1) is 0 Å². The molecule has 0 amide bonds.